The van der Waals surface area contributed by atoms with Crippen LogP contribution in [0.4, 0.5) is 21.0 Å². The Labute approximate surface area is 165 Å². The molecule has 0 aliphatic heterocycles. The fourth-order valence-electron chi connectivity index (χ4n) is 2.43. The van der Waals surface area contributed by atoms with Crippen LogP contribution in [0.15, 0.2) is 54.1 Å². The normalized spacial score (nSPS) is 10.8. The zero-order valence-corrected chi connectivity index (χ0v) is 16.0. The molecule has 0 saturated heterocycles. The molecular weight excluding hydrogens is 379 g/mol. The minimum atomic E-state index is -0.518. The first-order chi connectivity index (χ1) is 13.4. The Morgan fingerprint density at radius 3 is 2.75 bits per heavy atom. The van der Waals surface area contributed by atoms with Crippen molar-refractivity contribution in [2.75, 3.05) is 10.2 Å². The number of rotatable bonds is 5. The fraction of sp³-hybridized carbons (Fsp3) is 0.100. The van der Waals surface area contributed by atoms with Gasteiger partial charge in [-0.15, -0.1) is 11.3 Å². The molecule has 0 spiro atoms. The van der Waals surface area contributed by atoms with Crippen LogP contribution in [0.2, 0.25) is 0 Å². The zero-order chi connectivity index (χ0) is 20.1. The van der Waals surface area contributed by atoms with Crippen molar-refractivity contribution in [2.24, 2.45) is 0 Å². The average Bonchev–Trinajstić information content (AvgIpc) is 3.10. The largest absolute Gasteiger partial charge is 0.307 e. The molecule has 28 heavy (non-hydrogen) atoms. The Morgan fingerprint density at radius 1 is 1.25 bits per heavy atom. The van der Waals surface area contributed by atoms with Crippen molar-refractivity contribution in [1.82, 2.24) is 9.97 Å². The van der Waals surface area contributed by atoms with Gasteiger partial charge in [-0.3, -0.25) is 14.5 Å². The van der Waals surface area contributed by atoms with E-state index in [-0.39, 0.29) is 17.5 Å². The van der Waals surface area contributed by atoms with Crippen molar-refractivity contribution in [3.05, 3.63) is 71.1 Å². The van der Waals surface area contributed by atoms with Crippen LogP contribution in [-0.2, 0) is 9.59 Å². The van der Waals surface area contributed by atoms with E-state index < -0.39 is 5.82 Å². The van der Waals surface area contributed by atoms with Gasteiger partial charge in [0.15, 0.2) is 5.13 Å². The minimum absolute atomic E-state index is 0.128. The summed E-state index contributed by atoms with van der Waals surface area (Å²) in [6, 6.07) is 9.57. The van der Waals surface area contributed by atoms with E-state index in [0.717, 1.165) is 5.56 Å². The lowest BCUT2D eigenvalue weighted by Crippen LogP contribution is -2.23. The van der Waals surface area contributed by atoms with Gasteiger partial charge in [-0.05, 0) is 42.8 Å². The molecule has 0 atom stereocenters. The molecule has 3 rings (SSSR count). The number of aromatic nitrogens is 2. The van der Waals surface area contributed by atoms with E-state index in [1.54, 1.807) is 29.8 Å². The van der Waals surface area contributed by atoms with Crippen LogP contribution in [-0.4, -0.2) is 21.8 Å². The van der Waals surface area contributed by atoms with E-state index in [9.17, 15) is 14.0 Å². The number of pyridine rings is 1. The van der Waals surface area contributed by atoms with Gasteiger partial charge in [-0.1, -0.05) is 12.1 Å². The second kappa shape index (κ2) is 8.53. The quantitative estimate of drug-likeness (QED) is 0.652. The molecule has 2 aromatic heterocycles. The SMILES string of the molecule is CC(=O)N(c1nc(/C=C/C(=O)Nc2cc(C)ccn2)cs1)c1ccccc1F. The number of nitrogens with zero attached hydrogens (tertiary/aromatic N) is 3. The third-order valence-electron chi connectivity index (χ3n) is 3.68. The maximum absolute atomic E-state index is 14.1. The number of thiazole rings is 1. The molecular formula is C20H17FN4O2S. The van der Waals surface area contributed by atoms with Crippen LogP contribution in [0.25, 0.3) is 6.08 Å². The summed E-state index contributed by atoms with van der Waals surface area (Å²) in [5.74, 6) is -0.783. The summed E-state index contributed by atoms with van der Waals surface area (Å²) in [5, 5.41) is 4.66. The van der Waals surface area contributed by atoms with E-state index in [1.165, 1.54) is 47.4 Å². The number of halogens is 1. The molecule has 2 heterocycles. The molecule has 0 unspecified atom stereocenters. The molecule has 142 valence electrons. The molecule has 0 fully saturated rings. The van der Waals surface area contributed by atoms with Crippen LogP contribution in [0, 0.1) is 12.7 Å². The minimum Gasteiger partial charge on any atom is -0.307 e. The van der Waals surface area contributed by atoms with Crippen molar-refractivity contribution >= 4 is 45.9 Å². The van der Waals surface area contributed by atoms with Crippen LogP contribution in [0.3, 0.4) is 0 Å². The Balaban J connectivity index is 1.75. The Morgan fingerprint density at radius 2 is 2.04 bits per heavy atom. The van der Waals surface area contributed by atoms with E-state index in [4.69, 9.17) is 0 Å². The summed E-state index contributed by atoms with van der Waals surface area (Å²) in [5.41, 5.74) is 1.59. The van der Waals surface area contributed by atoms with Crippen LogP contribution < -0.4 is 10.2 Å². The smallest absolute Gasteiger partial charge is 0.249 e. The highest BCUT2D eigenvalue weighted by atomic mass is 32.1. The number of aryl methyl sites for hydroxylation is 1. The van der Waals surface area contributed by atoms with E-state index in [0.29, 0.717) is 16.6 Å². The monoisotopic (exact) mass is 396 g/mol. The number of hydrogen-bond acceptors (Lipinski definition) is 5. The summed E-state index contributed by atoms with van der Waals surface area (Å²) in [6.07, 6.45) is 4.45. The third kappa shape index (κ3) is 4.66. The van der Waals surface area contributed by atoms with Gasteiger partial charge in [0, 0.05) is 24.6 Å². The molecule has 0 bridgehead atoms. The maximum atomic E-state index is 14.1. The summed E-state index contributed by atoms with van der Waals surface area (Å²) in [7, 11) is 0. The number of nitrogens with one attached hydrogen (secondary N) is 1. The van der Waals surface area contributed by atoms with Crippen LogP contribution in [0.5, 0.6) is 0 Å². The first-order valence-corrected chi connectivity index (χ1v) is 9.24. The van der Waals surface area contributed by atoms with Gasteiger partial charge in [0.2, 0.25) is 11.8 Å². The zero-order valence-electron chi connectivity index (χ0n) is 15.2. The van der Waals surface area contributed by atoms with Crippen LogP contribution in [0.1, 0.15) is 18.2 Å². The van der Waals surface area contributed by atoms with Gasteiger partial charge in [0.05, 0.1) is 11.4 Å². The molecule has 1 N–H and O–H groups in total. The van der Waals surface area contributed by atoms with Crippen molar-refractivity contribution in [3.63, 3.8) is 0 Å². The maximum Gasteiger partial charge on any atom is 0.249 e. The molecule has 3 aromatic rings. The standard InChI is InChI=1S/C20H17FN4O2S/c1-13-9-10-22-18(11-13)24-19(27)8-7-15-12-28-20(23-15)25(14(2)26)17-6-4-3-5-16(17)21/h3-12H,1-2H3,(H,22,24,27)/b8-7+. The number of carbonyl (C=O) groups excluding carboxylic acids is 2. The van der Waals surface area contributed by atoms with Gasteiger partial charge in [-0.25, -0.2) is 14.4 Å². The molecule has 8 heteroatoms. The fourth-order valence-corrected chi connectivity index (χ4v) is 3.28. The van der Waals surface area contributed by atoms with Gasteiger partial charge in [-0.2, -0.15) is 0 Å². The number of anilines is 3. The number of amides is 2. The summed E-state index contributed by atoms with van der Waals surface area (Å²) in [6.45, 7) is 3.24. The Bertz CT molecular complexity index is 1050. The first kappa shape index (κ1) is 19.4. The number of carbonyl (C=O) groups is 2. The molecule has 0 radical (unpaired) electrons. The van der Waals surface area contributed by atoms with Crippen LogP contribution >= 0.6 is 11.3 Å². The van der Waals surface area contributed by atoms with Crippen molar-refractivity contribution < 1.29 is 14.0 Å². The summed E-state index contributed by atoms with van der Waals surface area (Å²) >= 11 is 1.18. The van der Waals surface area contributed by atoms with Crippen molar-refractivity contribution in [3.8, 4) is 0 Å². The lowest BCUT2D eigenvalue weighted by Gasteiger charge is -2.18. The van der Waals surface area contributed by atoms with Gasteiger partial charge in [0.25, 0.3) is 0 Å². The predicted molar refractivity (Wildman–Crippen MR) is 108 cm³/mol. The summed E-state index contributed by atoms with van der Waals surface area (Å²) in [4.78, 5) is 33.7. The molecule has 6 nitrogen and oxygen atoms in total. The highest BCUT2D eigenvalue weighted by Gasteiger charge is 2.20. The molecule has 0 aliphatic rings. The van der Waals surface area contributed by atoms with Crippen molar-refractivity contribution in [1.29, 1.82) is 0 Å². The number of benzene rings is 1. The Kier molecular flexibility index (Phi) is 5.90. The second-order valence-electron chi connectivity index (χ2n) is 5.90. The van der Waals surface area contributed by atoms with Gasteiger partial charge >= 0.3 is 0 Å². The lowest BCUT2D eigenvalue weighted by atomic mass is 10.3. The van der Waals surface area contributed by atoms with E-state index in [1.807, 2.05) is 13.0 Å². The predicted octanol–water partition coefficient (Wildman–Crippen LogP) is 4.32. The number of hydrogen-bond donors (Lipinski definition) is 1. The second-order valence-corrected chi connectivity index (χ2v) is 6.74. The van der Waals surface area contributed by atoms with Gasteiger partial charge in [0.1, 0.15) is 11.6 Å². The molecule has 1 aromatic carbocycles. The van der Waals surface area contributed by atoms with E-state index in [2.05, 4.69) is 15.3 Å². The van der Waals surface area contributed by atoms with E-state index >= 15 is 0 Å². The molecule has 2 amide bonds. The number of para-hydroxylation sites is 1. The first-order valence-electron chi connectivity index (χ1n) is 8.36. The van der Waals surface area contributed by atoms with Crippen molar-refractivity contribution in [2.45, 2.75) is 13.8 Å². The van der Waals surface area contributed by atoms with Gasteiger partial charge < -0.3 is 5.32 Å². The third-order valence-corrected chi connectivity index (χ3v) is 4.53. The average molecular weight is 396 g/mol. The topological polar surface area (TPSA) is 75.2 Å². The highest BCUT2D eigenvalue weighted by molar-refractivity contribution is 7.14. The molecule has 0 aliphatic carbocycles. The lowest BCUT2D eigenvalue weighted by molar-refractivity contribution is -0.116. The summed E-state index contributed by atoms with van der Waals surface area (Å²) < 4.78 is 14.1. The molecule has 0 saturated carbocycles. The highest BCUT2D eigenvalue weighted by Crippen LogP contribution is 2.30. The Hall–Kier alpha value is -3.39.